The van der Waals surface area contributed by atoms with E-state index in [-0.39, 0.29) is 5.95 Å². The van der Waals surface area contributed by atoms with E-state index in [1.54, 1.807) is 11.3 Å². The third-order valence-corrected chi connectivity index (χ3v) is 3.77. The van der Waals surface area contributed by atoms with Gasteiger partial charge in [-0.1, -0.05) is 6.07 Å². The van der Waals surface area contributed by atoms with E-state index in [0.29, 0.717) is 18.2 Å². The van der Waals surface area contributed by atoms with Gasteiger partial charge in [-0.25, -0.2) is 4.98 Å². The van der Waals surface area contributed by atoms with Crippen LogP contribution in [0, 0.1) is 6.92 Å². The SMILES string of the molecule is CCOc1cccc(Oc2nc(N)nc3sc(C)cc23)c1. The topological polar surface area (TPSA) is 70.3 Å². The number of ether oxygens (including phenoxy) is 2. The molecule has 3 aromatic rings. The van der Waals surface area contributed by atoms with Crippen LogP contribution in [0.3, 0.4) is 0 Å². The molecule has 6 heteroatoms. The predicted molar refractivity (Wildman–Crippen MR) is 84.2 cm³/mol. The first-order valence-electron chi connectivity index (χ1n) is 6.60. The van der Waals surface area contributed by atoms with Crippen LogP contribution in [-0.2, 0) is 0 Å². The van der Waals surface area contributed by atoms with E-state index in [1.807, 2.05) is 44.2 Å². The van der Waals surface area contributed by atoms with Crippen LogP contribution in [0.25, 0.3) is 10.2 Å². The van der Waals surface area contributed by atoms with Crippen LogP contribution >= 0.6 is 11.3 Å². The summed E-state index contributed by atoms with van der Waals surface area (Å²) in [5.74, 6) is 2.09. The Hall–Kier alpha value is -2.34. The Morgan fingerprint density at radius 1 is 1.19 bits per heavy atom. The minimum atomic E-state index is 0.209. The molecular weight excluding hydrogens is 286 g/mol. The number of rotatable bonds is 4. The van der Waals surface area contributed by atoms with Crippen molar-refractivity contribution in [3.8, 4) is 17.4 Å². The summed E-state index contributed by atoms with van der Waals surface area (Å²) in [4.78, 5) is 10.4. The Morgan fingerprint density at radius 2 is 2.00 bits per heavy atom. The van der Waals surface area contributed by atoms with Crippen LogP contribution in [0.1, 0.15) is 11.8 Å². The molecule has 1 aromatic carbocycles. The van der Waals surface area contributed by atoms with Crippen LogP contribution < -0.4 is 15.2 Å². The number of anilines is 1. The van der Waals surface area contributed by atoms with Gasteiger partial charge in [-0.2, -0.15) is 4.98 Å². The first kappa shape index (κ1) is 13.6. The Bertz CT molecular complexity index is 786. The molecule has 21 heavy (non-hydrogen) atoms. The molecule has 108 valence electrons. The maximum absolute atomic E-state index is 5.87. The molecule has 0 aliphatic rings. The molecule has 0 radical (unpaired) electrons. The summed E-state index contributed by atoms with van der Waals surface area (Å²) in [5, 5.41) is 0.869. The van der Waals surface area contributed by atoms with Crippen molar-refractivity contribution in [2.75, 3.05) is 12.3 Å². The zero-order chi connectivity index (χ0) is 14.8. The molecule has 3 rings (SSSR count). The summed E-state index contributed by atoms with van der Waals surface area (Å²) >= 11 is 1.57. The van der Waals surface area contributed by atoms with Gasteiger partial charge >= 0.3 is 0 Å². The van der Waals surface area contributed by atoms with E-state index in [4.69, 9.17) is 15.2 Å². The molecule has 2 aromatic heterocycles. The number of nitrogens with two attached hydrogens (primary N) is 1. The highest BCUT2D eigenvalue weighted by Crippen LogP contribution is 2.33. The lowest BCUT2D eigenvalue weighted by molar-refractivity contribution is 0.338. The summed E-state index contributed by atoms with van der Waals surface area (Å²) in [5.41, 5.74) is 5.74. The van der Waals surface area contributed by atoms with E-state index in [2.05, 4.69) is 9.97 Å². The second-order valence-corrected chi connectivity index (χ2v) is 5.71. The van der Waals surface area contributed by atoms with Crippen molar-refractivity contribution in [3.63, 3.8) is 0 Å². The highest BCUT2D eigenvalue weighted by atomic mass is 32.1. The minimum Gasteiger partial charge on any atom is -0.494 e. The molecule has 0 fully saturated rings. The summed E-state index contributed by atoms with van der Waals surface area (Å²) in [6.07, 6.45) is 0. The van der Waals surface area contributed by atoms with E-state index in [0.717, 1.165) is 20.8 Å². The molecule has 2 heterocycles. The number of benzene rings is 1. The third-order valence-electron chi connectivity index (χ3n) is 2.83. The predicted octanol–water partition coefficient (Wildman–Crippen LogP) is 3.77. The Morgan fingerprint density at radius 3 is 2.81 bits per heavy atom. The average Bonchev–Trinajstić information content (AvgIpc) is 2.80. The van der Waals surface area contributed by atoms with Gasteiger partial charge < -0.3 is 15.2 Å². The van der Waals surface area contributed by atoms with Gasteiger partial charge in [0.2, 0.25) is 11.8 Å². The van der Waals surface area contributed by atoms with E-state index in [1.165, 1.54) is 0 Å². The Labute approximate surface area is 126 Å². The zero-order valence-corrected chi connectivity index (χ0v) is 12.6. The van der Waals surface area contributed by atoms with Crippen molar-refractivity contribution < 1.29 is 9.47 Å². The maximum atomic E-state index is 5.87. The van der Waals surface area contributed by atoms with E-state index >= 15 is 0 Å². The lowest BCUT2D eigenvalue weighted by Crippen LogP contribution is -1.97. The molecule has 5 nitrogen and oxygen atoms in total. The smallest absolute Gasteiger partial charge is 0.232 e. The summed E-state index contributed by atoms with van der Waals surface area (Å²) in [7, 11) is 0. The maximum Gasteiger partial charge on any atom is 0.232 e. The van der Waals surface area contributed by atoms with Gasteiger partial charge in [0.15, 0.2) is 0 Å². The fourth-order valence-corrected chi connectivity index (χ4v) is 2.89. The second kappa shape index (κ2) is 5.57. The second-order valence-electron chi connectivity index (χ2n) is 4.47. The van der Waals surface area contributed by atoms with Crippen LogP contribution in [0.4, 0.5) is 5.95 Å². The summed E-state index contributed by atoms with van der Waals surface area (Å²) < 4.78 is 11.3. The van der Waals surface area contributed by atoms with Crippen molar-refractivity contribution in [3.05, 3.63) is 35.2 Å². The van der Waals surface area contributed by atoms with Gasteiger partial charge in [-0.3, -0.25) is 0 Å². The van der Waals surface area contributed by atoms with Crippen molar-refractivity contribution in [1.29, 1.82) is 0 Å². The van der Waals surface area contributed by atoms with E-state index in [9.17, 15) is 0 Å². The van der Waals surface area contributed by atoms with Gasteiger partial charge in [0.05, 0.1) is 12.0 Å². The number of thiophene rings is 1. The molecule has 2 N–H and O–H groups in total. The fourth-order valence-electron chi connectivity index (χ4n) is 2.02. The molecule has 0 atom stereocenters. The van der Waals surface area contributed by atoms with E-state index < -0.39 is 0 Å². The molecule has 0 unspecified atom stereocenters. The lowest BCUT2D eigenvalue weighted by atomic mass is 10.3. The van der Waals surface area contributed by atoms with Gasteiger partial charge in [-0.05, 0) is 32.0 Å². The van der Waals surface area contributed by atoms with Crippen molar-refractivity contribution >= 4 is 27.5 Å². The molecule has 0 aliphatic heterocycles. The number of hydrogen-bond acceptors (Lipinski definition) is 6. The number of fused-ring (bicyclic) bond motifs is 1. The van der Waals surface area contributed by atoms with Crippen LogP contribution in [0.2, 0.25) is 0 Å². The normalized spacial score (nSPS) is 10.8. The fraction of sp³-hybridized carbons (Fsp3) is 0.200. The monoisotopic (exact) mass is 301 g/mol. The standard InChI is InChI=1S/C15H15N3O2S/c1-3-19-10-5-4-6-11(8-10)20-13-12-7-9(2)21-14(12)18-15(16)17-13/h4-8H,3H2,1-2H3,(H2,16,17,18). The van der Waals surface area contributed by atoms with Gasteiger partial charge in [-0.15, -0.1) is 11.3 Å². The van der Waals surface area contributed by atoms with Gasteiger partial charge in [0.1, 0.15) is 16.3 Å². The third kappa shape index (κ3) is 2.90. The van der Waals surface area contributed by atoms with Gasteiger partial charge in [0, 0.05) is 10.9 Å². The van der Waals surface area contributed by atoms with Crippen LogP contribution in [0.15, 0.2) is 30.3 Å². The first-order chi connectivity index (χ1) is 10.2. The number of aromatic nitrogens is 2. The van der Waals surface area contributed by atoms with Crippen LogP contribution in [-0.4, -0.2) is 16.6 Å². The Balaban J connectivity index is 1.99. The lowest BCUT2D eigenvalue weighted by Gasteiger charge is -2.08. The number of nitrogen functional groups attached to an aromatic ring is 1. The molecule has 0 saturated heterocycles. The molecule has 0 bridgehead atoms. The minimum absolute atomic E-state index is 0.209. The summed E-state index contributed by atoms with van der Waals surface area (Å²) in [6.45, 7) is 4.57. The number of nitrogens with zero attached hydrogens (tertiary/aromatic N) is 2. The largest absolute Gasteiger partial charge is 0.494 e. The average molecular weight is 301 g/mol. The van der Waals surface area contributed by atoms with Crippen molar-refractivity contribution in [2.45, 2.75) is 13.8 Å². The van der Waals surface area contributed by atoms with Gasteiger partial charge in [0.25, 0.3) is 0 Å². The molecule has 0 amide bonds. The molecule has 0 saturated carbocycles. The highest BCUT2D eigenvalue weighted by Gasteiger charge is 2.11. The van der Waals surface area contributed by atoms with Crippen molar-refractivity contribution in [1.82, 2.24) is 9.97 Å². The molecular formula is C15H15N3O2S. The first-order valence-corrected chi connectivity index (χ1v) is 7.41. The Kier molecular flexibility index (Phi) is 3.62. The molecule has 0 aliphatic carbocycles. The summed E-state index contributed by atoms with van der Waals surface area (Å²) in [6, 6.07) is 9.44. The van der Waals surface area contributed by atoms with Crippen LogP contribution in [0.5, 0.6) is 17.4 Å². The zero-order valence-electron chi connectivity index (χ0n) is 11.8. The molecule has 0 spiro atoms. The highest BCUT2D eigenvalue weighted by molar-refractivity contribution is 7.18. The quantitative estimate of drug-likeness (QED) is 0.794. The van der Waals surface area contributed by atoms with Crippen molar-refractivity contribution in [2.24, 2.45) is 0 Å². The number of aryl methyl sites for hydroxylation is 1. The number of hydrogen-bond donors (Lipinski definition) is 1.